The van der Waals surface area contributed by atoms with Gasteiger partial charge in [0, 0.05) is 13.1 Å². The Morgan fingerprint density at radius 2 is 2.00 bits per heavy atom. The maximum atomic E-state index is 12.2. The second-order valence-electron chi connectivity index (χ2n) is 6.14. The standard InChI is InChI=1S/C19H22N2O3S/c1-4-9-23-16-7-5-15(6-8-16)10-17-18(22)20-19(25-17)21-11-13(2)24-14(3)12-21/h4-8,10,13-14H,1,9,11-12H2,2-3H3. The first kappa shape index (κ1) is 17.8. The number of aliphatic imine (C=N–C) groups is 1. The van der Waals surface area contributed by atoms with Crippen LogP contribution in [0.4, 0.5) is 0 Å². The number of carbonyl (C=O) groups is 1. The predicted octanol–water partition coefficient (Wildman–Crippen LogP) is 3.33. The summed E-state index contributed by atoms with van der Waals surface area (Å²) in [5.74, 6) is 0.597. The Bertz CT molecular complexity index is 702. The molecule has 3 rings (SSSR count). The molecule has 2 aliphatic rings. The summed E-state index contributed by atoms with van der Waals surface area (Å²) < 4.78 is 11.2. The normalized spacial score (nSPS) is 25.2. The maximum absolute atomic E-state index is 12.2. The molecule has 2 aliphatic heterocycles. The number of hydrogen-bond donors (Lipinski definition) is 0. The number of amides is 1. The van der Waals surface area contributed by atoms with E-state index in [2.05, 4.69) is 16.5 Å². The van der Waals surface area contributed by atoms with Gasteiger partial charge in [0.05, 0.1) is 17.1 Å². The fraction of sp³-hybridized carbons (Fsp3) is 0.368. The Labute approximate surface area is 152 Å². The minimum Gasteiger partial charge on any atom is -0.490 e. The van der Waals surface area contributed by atoms with Crippen LogP contribution in [0.25, 0.3) is 6.08 Å². The summed E-state index contributed by atoms with van der Waals surface area (Å²) in [5, 5.41) is 0.768. The first-order chi connectivity index (χ1) is 12.0. The van der Waals surface area contributed by atoms with Crippen molar-refractivity contribution in [2.45, 2.75) is 26.1 Å². The van der Waals surface area contributed by atoms with E-state index in [1.807, 2.05) is 44.2 Å². The predicted molar refractivity (Wildman–Crippen MR) is 102 cm³/mol. The molecule has 1 fully saturated rings. The molecule has 5 nitrogen and oxygen atoms in total. The van der Waals surface area contributed by atoms with Crippen molar-refractivity contribution in [1.82, 2.24) is 4.90 Å². The van der Waals surface area contributed by atoms with Crippen LogP contribution in [0.1, 0.15) is 19.4 Å². The molecule has 132 valence electrons. The zero-order valence-corrected chi connectivity index (χ0v) is 15.3. The molecular weight excluding hydrogens is 336 g/mol. The van der Waals surface area contributed by atoms with E-state index in [1.165, 1.54) is 11.8 Å². The summed E-state index contributed by atoms with van der Waals surface area (Å²) in [6.07, 6.45) is 3.85. The highest BCUT2D eigenvalue weighted by Crippen LogP contribution is 2.31. The maximum Gasteiger partial charge on any atom is 0.286 e. The van der Waals surface area contributed by atoms with Crippen LogP contribution in [-0.4, -0.2) is 47.9 Å². The van der Waals surface area contributed by atoms with Crippen LogP contribution in [0.5, 0.6) is 5.75 Å². The molecule has 6 heteroatoms. The highest BCUT2D eigenvalue weighted by Gasteiger charge is 2.30. The lowest BCUT2D eigenvalue weighted by atomic mass is 10.2. The lowest BCUT2D eigenvalue weighted by Gasteiger charge is -2.35. The van der Waals surface area contributed by atoms with Crippen molar-refractivity contribution in [3.63, 3.8) is 0 Å². The highest BCUT2D eigenvalue weighted by molar-refractivity contribution is 8.18. The lowest BCUT2D eigenvalue weighted by Crippen LogP contribution is -2.47. The van der Waals surface area contributed by atoms with Crippen molar-refractivity contribution in [3.8, 4) is 5.75 Å². The van der Waals surface area contributed by atoms with Gasteiger partial charge in [-0.25, -0.2) is 0 Å². The van der Waals surface area contributed by atoms with Gasteiger partial charge in [-0.2, -0.15) is 4.99 Å². The van der Waals surface area contributed by atoms with Crippen LogP contribution in [0, 0.1) is 0 Å². The molecule has 2 atom stereocenters. The lowest BCUT2D eigenvalue weighted by molar-refractivity contribution is -0.113. The van der Waals surface area contributed by atoms with Crippen LogP contribution in [0.3, 0.4) is 0 Å². The van der Waals surface area contributed by atoms with Crippen molar-refractivity contribution in [1.29, 1.82) is 0 Å². The Morgan fingerprint density at radius 3 is 2.64 bits per heavy atom. The van der Waals surface area contributed by atoms with Gasteiger partial charge >= 0.3 is 0 Å². The van der Waals surface area contributed by atoms with E-state index in [9.17, 15) is 4.79 Å². The molecule has 2 heterocycles. The van der Waals surface area contributed by atoms with Gasteiger partial charge in [-0.3, -0.25) is 4.79 Å². The quantitative estimate of drug-likeness (QED) is 0.610. The number of rotatable bonds is 4. The van der Waals surface area contributed by atoms with Gasteiger partial charge in [0.25, 0.3) is 5.91 Å². The van der Waals surface area contributed by atoms with E-state index in [0.29, 0.717) is 11.5 Å². The van der Waals surface area contributed by atoms with Gasteiger partial charge in [-0.15, -0.1) is 0 Å². The number of thioether (sulfide) groups is 1. The average molecular weight is 358 g/mol. The van der Waals surface area contributed by atoms with Crippen molar-refractivity contribution in [2.75, 3.05) is 19.7 Å². The van der Waals surface area contributed by atoms with Gasteiger partial charge < -0.3 is 14.4 Å². The largest absolute Gasteiger partial charge is 0.490 e. The van der Waals surface area contributed by atoms with Gasteiger partial charge in [-0.05, 0) is 49.4 Å². The molecule has 0 saturated carbocycles. The molecule has 0 radical (unpaired) electrons. The smallest absolute Gasteiger partial charge is 0.286 e. The van der Waals surface area contributed by atoms with Crippen molar-refractivity contribution >= 4 is 28.9 Å². The molecule has 0 bridgehead atoms. The van der Waals surface area contributed by atoms with Crippen molar-refractivity contribution in [2.24, 2.45) is 4.99 Å². The summed E-state index contributed by atoms with van der Waals surface area (Å²) in [7, 11) is 0. The van der Waals surface area contributed by atoms with Crippen LogP contribution in [-0.2, 0) is 9.53 Å². The molecule has 2 unspecified atom stereocenters. The molecule has 1 amide bonds. The first-order valence-corrected chi connectivity index (χ1v) is 9.13. The Balaban J connectivity index is 1.67. The Hall–Kier alpha value is -2.05. The molecule has 0 aliphatic carbocycles. The van der Waals surface area contributed by atoms with E-state index in [-0.39, 0.29) is 18.1 Å². The number of amidine groups is 1. The first-order valence-electron chi connectivity index (χ1n) is 8.32. The van der Waals surface area contributed by atoms with Crippen molar-refractivity contribution < 1.29 is 14.3 Å². The van der Waals surface area contributed by atoms with E-state index in [0.717, 1.165) is 29.6 Å². The zero-order chi connectivity index (χ0) is 17.8. The molecular formula is C19H22N2O3S. The minimum atomic E-state index is -0.182. The third-order valence-corrected chi connectivity index (χ3v) is 4.89. The van der Waals surface area contributed by atoms with E-state index >= 15 is 0 Å². The van der Waals surface area contributed by atoms with Gasteiger partial charge in [0.2, 0.25) is 0 Å². The van der Waals surface area contributed by atoms with E-state index in [1.54, 1.807) is 6.08 Å². The third kappa shape index (κ3) is 4.52. The Kier molecular flexibility index (Phi) is 5.60. The van der Waals surface area contributed by atoms with E-state index in [4.69, 9.17) is 9.47 Å². The summed E-state index contributed by atoms with van der Waals surface area (Å²) in [6.45, 7) is 9.69. The average Bonchev–Trinajstić information content (AvgIpc) is 2.94. The van der Waals surface area contributed by atoms with Crippen LogP contribution in [0.2, 0.25) is 0 Å². The topological polar surface area (TPSA) is 51.1 Å². The van der Waals surface area contributed by atoms with Crippen LogP contribution >= 0.6 is 11.8 Å². The third-order valence-electron chi connectivity index (χ3n) is 3.85. The second kappa shape index (κ2) is 7.89. The number of hydrogen-bond acceptors (Lipinski definition) is 5. The fourth-order valence-corrected chi connectivity index (χ4v) is 3.77. The monoisotopic (exact) mass is 358 g/mol. The number of carbonyl (C=O) groups excluding carboxylic acids is 1. The molecule has 0 N–H and O–H groups in total. The van der Waals surface area contributed by atoms with Crippen LogP contribution in [0.15, 0.2) is 46.8 Å². The second-order valence-corrected chi connectivity index (χ2v) is 7.15. The van der Waals surface area contributed by atoms with Crippen LogP contribution < -0.4 is 4.74 Å². The zero-order valence-electron chi connectivity index (χ0n) is 14.5. The van der Waals surface area contributed by atoms with Gasteiger partial charge in [-0.1, -0.05) is 24.8 Å². The minimum absolute atomic E-state index is 0.137. The molecule has 1 saturated heterocycles. The van der Waals surface area contributed by atoms with Gasteiger partial charge in [0.15, 0.2) is 5.17 Å². The molecule has 25 heavy (non-hydrogen) atoms. The highest BCUT2D eigenvalue weighted by atomic mass is 32.2. The molecule has 1 aromatic rings. The summed E-state index contributed by atoms with van der Waals surface area (Å²) >= 11 is 1.43. The summed E-state index contributed by atoms with van der Waals surface area (Å²) in [6, 6.07) is 7.62. The number of benzene rings is 1. The van der Waals surface area contributed by atoms with Crippen molar-refractivity contribution in [3.05, 3.63) is 47.4 Å². The summed E-state index contributed by atoms with van der Waals surface area (Å²) in [4.78, 5) is 19.2. The number of nitrogens with zero attached hydrogens (tertiary/aromatic N) is 2. The summed E-state index contributed by atoms with van der Waals surface area (Å²) in [5.41, 5.74) is 0.946. The molecule has 0 aromatic heterocycles. The molecule has 1 aromatic carbocycles. The van der Waals surface area contributed by atoms with Gasteiger partial charge in [0.1, 0.15) is 12.4 Å². The van der Waals surface area contributed by atoms with E-state index < -0.39 is 0 Å². The number of ether oxygens (including phenoxy) is 2. The number of morpholine rings is 1. The molecule has 0 spiro atoms. The SMILES string of the molecule is C=CCOc1ccc(C=C2SC(N3CC(C)OC(C)C3)=NC2=O)cc1. The fourth-order valence-electron chi connectivity index (χ4n) is 2.83. The Morgan fingerprint density at radius 1 is 1.32 bits per heavy atom.